The molecule has 0 aliphatic rings. The number of carbonyl (C=O) groups is 1. The minimum absolute atomic E-state index is 0.00341. The molecule has 0 aliphatic heterocycles. The summed E-state index contributed by atoms with van der Waals surface area (Å²) < 4.78 is 9.71. The van der Waals surface area contributed by atoms with Crippen LogP contribution in [0, 0.1) is 0 Å². The molecular formula is C9H8N2O4S. The molecule has 2 aromatic heterocycles. The molecule has 0 atom stereocenters. The zero-order valence-electron chi connectivity index (χ0n) is 8.12. The fourth-order valence-corrected chi connectivity index (χ4v) is 1.68. The van der Waals surface area contributed by atoms with E-state index in [9.17, 15) is 4.79 Å². The third kappa shape index (κ3) is 2.65. The van der Waals surface area contributed by atoms with Crippen LogP contribution >= 0.6 is 11.3 Å². The third-order valence-electron chi connectivity index (χ3n) is 1.70. The first-order valence-corrected chi connectivity index (χ1v) is 5.34. The molecule has 0 spiro atoms. The van der Waals surface area contributed by atoms with Crippen LogP contribution in [0.15, 0.2) is 21.3 Å². The van der Waals surface area contributed by atoms with Gasteiger partial charge in [-0.25, -0.2) is 4.79 Å². The van der Waals surface area contributed by atoms with Crippen molar-refractivity contribution >= 4 is 17.3 Å². The number of rotatable bonds is 5. The van der Waals surface area contributed by atoms with Crippen molar-refractivity contribution in [2.24, 2.45) is 0 Å². The second-order valence-corrected chi connectivity index (χ2v) is 3.69. The van der Waals surface area contributed by atoms with Gasteiger partial charge in [-0.1, -0.05) is 5.16 Å². The molecule has 7 heteroatoms. The molecule has 0 saturated heterocycles. The minimum Gasteiger partial charge on any atom is -0.480 e. The lowest BCUT2D eigenvalue weighted by atomic mass is 10.3. The summed E-state index contributed by atoms with van der Waals surface area (Å²) in [5.74, 6) is -0.282. The Morgan fingerprint density at radius 1 is 1.62 bits per heavy atom. The summed E-state index contributed by atoms with van der Waals surface area (Å²) in [7, 11) is 0. The molecule has 2 heterocycles. The van der Waals surface area contributed by atoms with Crippen molar-refractivity contribution in [2.75, 3.05) is 6.61 Å². The Balaban J connectivity index is 1.95. The summed E-state index contributed by atoms with van der Waals surface area (Å²) in [6, 6.07) is 1.87. The van der Waals surface area contributed by atoms with Crippen LogP contribution in [0.1, 0.15) is 5.89 Å². The molecule has 0 aliphatic carbocycles. The number of aromatic nitrogens is 2. The van der Waals surface area contributed by atoms with E-state index in [0.29, 0.717) is 5.82 Å². The smallest absolute Gasteiger partial charge is 0.329 e. The Morgan fingerprint density at radius 2 is 2.50 bits per heavy atom. The molecule has 0 unspecified atom stereocenters. The van der Waals surface area contributed by atoms with Crippen molar-refractivity contribution in [3.63, 3.8) is 0 Å². The summed E-state index contributed by atoms with van der Waals surface area (Å²) in [6.07, 6.45) is 0. The Hall–Kier alpha value is -1.73. The number of thiophene rings is 1. The van der Waals surface area contributed by atoms with Crippen molar-refractivity contribution in [3.05, 3.63) is 22.7 Å². The van der Waals surface area contributed by atoms with Gasteiger partial charge in [0, 0.05) is 10.9 Å². The first-order chi connectivity index (χ1) is 7.75. The van der Waals surface area contributed by atoms with Gasteiger partial charge >= 0.3 is 5.97 Å². The van der Waals surface area contributed by atoms with Crippen LogP contribution in [0.5, 0.6) is 0 Å². The number of aliphatic carboxylic acids is 1. The van der Waals surface area contributed by atoms with Gasteiger partial charge in [0.2, 0.25) is 5.82 Å². The lowest BCUT2D eigenvalue weighted by molar-refractivity contribution is -0.142. The minimum atomic E-state index is -1.03. The van der Waals surface area contributed by atoms with E-state index in [2.05, 4.69) is 10.1 Å². The summed E-state index contributed by atoms with van der Waals surface area (Å²) in [5, 5.41) is 15.9. The van der Waals surface area contributed by atoms with Gasteiger partial charge in [-0.15, -0.1) is 0 Å². The molecule has 0 radical (unpaired) electrons. The first-order valence-electron chi connectivity index (χ1n) is 4.40. The van der Waals surface area contributed by atoms with Gasteiger partial charge in [-0.05, 0) is 11.4 Å². The zero-order chi connectivity index (χ0) is 11.4. The van der Waals surface area contributed by atoms with Crippen LogP contribution in [0.3, 0.4) is 0 Å². The monoisotopic (exact) mass is 240 g/mol. The predicted molar refractivity (Wildman–Crippen MR) is 54.9 cm³/mol. The molecule has 0 fully saturated rings. The van der Waals surface area contributed by atoms with E-state index in [4.69, 9.17) is 14.4 Å². The van der Waals surface area contributed by atoms with E-state index >= 15 is 0 Å². The van der Waals surface area contributed by atoms with Crippen LogP contribution in [-0.4, -0.2) is 27.8 Å². The maximum atomic E-state index is 10.2. The molecule has 2 aromatic rings. The largest absolute Gasteiger partial charge is 0.480 e. The van der Waals surface area contributed by atoms with Crippen LogP contribution in [0.25, 0.3) is 11.4 Å². The highest BCUT2D eigenvalue weighted by Gasteiger charge is 2.09. The lowest BCUT2D eigenvalue weighted by Gasteiger charge is -1.93. The quantitative estimate of drug-likeness (QED) is 0.850. The molecular weight excluding hydrogens is 232 g/mol. The fourth-order valence-electron chi connectivity index (χ4n) is 1.05. The SMILES string of the molecule is O=C(O)COCc1nc(-c2ccsc2)no1. The maximum Gasteiger partial charge on any atom is 0.329 e. The van der Waals surface area contributed by atoms with Crippen LogP contribution in [-0.2, 0) is 16.1 Å². The predicted octanol–water partition coefficient (Wildman–Crippen LogP) is 1.40. The topological polar surface area (TPSA) is 85.5 Å². The standard InChI is InChI=1S/C9H8N2O4S/c12-8(13)4-14-3-7-10-9(11-15-7)6-1-2-16-5-6/h1-2,5H,3-4H2,(H,12,13). The Kier molecular flexibility index (Phi) is 3.28. The van der Waals surface area contributed by atoms with Crippen LogP contribution in [0.4, 0.5) is 0 Å². The van der Waals surface area contributed by atoms with Crippen molar-refractivity contribution < 1.29 is 19.2 Å². The molecule has 0 amide bonds. The lowest BCUT2D eigenvalue weighted by Crippen LogP contribution is -2.06. The summed E-state index contributed by atoms with van der Waals surface area (Å²) in [6.45, 7) is -0.375. The fraction of sp³-hybridized carbons (Fsp3) is 0.222. The number of carboxylic acid groups (broad SMARTS) is 1. The third-order valence-corrected chi connectivity index (χ3v) is 2.38. The van der Waals surface area contributed by atoms with E-state index in [-0.39, 0.29) is 19.1 Å². The van der Waals surface area contributed by atoms with Crippen LogP contribution in [0.2, 0.25) is 0 Å². The van der Waals surface area contributed by atoms with E-state index in [0.717, 1.165) is 5.56 Å². The molecule has 6 nitrogen and oxygen atoms in total. The van der Waals surface area contributed by atoms with Gasteiger partial charge in [-0.2, -0.15) is 16.3 Å². The van der Waals surface area contributed by atoms with Gasteiger partial charge in [0.25, 0.3) is 5.89 Å². The molecule has 1 N–H and O–H groups in total. The zero-order valence-corrected chi connectivity index (χ0v) is 8.94. The van der Waals surface area contributed by atoms with Crippen LogP contribution < -0.4 is 0 Å². The molecule has 16 heavy (non-hydrogen) atoms. The number of hydrogen-bond acceptors (Lipinski definition) is 6. The Bertz CT molecular complexity index is 466. The number of nitrogens with zero attached hydrogens (tertiary/aromatic N) is 2. The van der Waals surface area contributed by atoms with Gasteiger partial charge < -0.3 is 14.4 Å². The highest BCUT2D eigenvalue weighted by Crippen LogP contribution is 2.18. The molecule has 0 bridgehead atoms. The highest BCUT2D eigenvalue weighted by atomic mass is 32.1. The number of hydrogen-bond donors (Lipinski definition) is 1. The second-order valence-electron chi connectivity index (χ2n) is 2.91. The molecule has 0 saturated carbocycles. The van der Waals surface area contributed by atoms with E-state index in [1.165, 1.54) is 11.3 Å². The number of carboxylic acids is 1. The summed E-state index contributed by atoms with van der Waals surface area (Å²) in [4.78, 5) is 14.3. The van der Waals surface area contributed by atoms with Crippen molar-refractivity contribution in [2.45, 2.75) is 6.61 Å². The van der Waals surface area contributed by atoms with E-state index < -0.39 is 5.97 Å². The normalized spacial score (nSPS) is 10.5. The second kappa shape index (κ2) is 4.86. The van der Waals surface area contributed by atoms with Gasteiger partial charge in [0.1, 0.15) is 13.2 Å². The van der Waals surface area contributed by atoms with Crippen molar-refractivity contribution in [1.82, 2.24) is 10.1 Å². The Morgan fingerprint density at radius 3 is 3.19 bits per heavy atom. The van der Waals surface area contributed by atoms with Crippen molar-refractivity contribution in [3.8, 4) is 11.4 Å². The molecule has 0 aromatic carbocycles. The highest BCUT2D eigenvalue weighted by molar-refractivity contribution is 7.08. The first kappa shape index (κ1) is 10.8. The summed E-state index contributed by atoms with van der Waals surface area (Å²) in [5.41, 5.74) is 0.873. The average molecular weight is 240 g/mol. The average Bonchev–Trinajstić information content (AvgIpc) is 2.85. The maximum absolute atomic E-state index is 10.2. The van der Waals surface area contributed by atoms with Gasteiger partial charge in [0.15, 0.2) is 0 Å². The number of ether oxygens (including phenoxy) is 1. The molecule has 84 valence electrons. The van der Waals surface area contributed by atoms with Gasteiger partial charge in [0.05, 0.1) is 0 Å². The Labute approximate surface area is 94.5 Å². The van der Waals surface area contributed by atoms with E-state index in [1.807, 2.05) is 16.8 Å². The van der Waals surface area contributed by atoms with Gasteiger partial charge in [-0.3, -0.25) is 0 Å². The van der Waals surface area contributed by atoms with E-state index in [1.54, 1.807) is 0 Å². The van der Waals surface area contributed by atoms with Crippen molar-refractivity contribution in [1.29, 1.82) is 0 Å². The summed E-state index contributed by atoms with van der Waals surface area (Å²) >= 11 is 1.53. The molecule has 2 rings (SSSR count).